The Labute approximate surface area is 125 Å². The summed E-state index contributed by atoms with van der Waals surface area (Å²) in [6.07, 6.45) is 0. The van der Waals surface area contributed by atoms with Gasteiger partial charge in [0, 0.05) is 18.1 Å². The molecule has 1 atom stereocenters. The summed E-state index contributed by atoms with van der Waals surface area (Å²) in [6, 6.07) is 6.98. The minimum Gasteiger partial charge on any atom is -0.480 e. The Morgan fingerprint density at radius 3 is 2.55 bits per heavy atom. The number of aliphatic carboxylic acids is 1. The second kappa shape index (κ2) is 7.62. The first kappa shape index (κ1) is 17.0. The van der Waals surface area contributed by atoms with Crippen LogP contribution in [0.1, 0.15) is 26.3 Å². The van der Waals surface area contributed by atoms with Gasteiger partial charge in [0.2, 0.25) is 0 Å². The summed E-state index contributed by atoms with van der Waals surface area (Å²) < 4.78 is 0. The predicted molar refractivity (Wildman–Crippen MR) is 82.2 cm³/mol. The van der Waals surface area contributed by atoms with Crippen molar-refractivity contribution in [2.45, 2.75) is 26.3 Å². The number of carboxylic acid groups (broad SMARTS) is 1. The minimum absolute atomic E-state index is 0.542. The van der Waals surface area contributed by atoms with Crippen molar-refractivity contribution in [1.29, 1.82) is 0 Å². The molecule has 0 saturated carbocycles. The zero-order chi connectivity index (χ0) is 15.2. The molecule has 2 N–H and O–H groups in total. The van der Waals surface area contributed by atoms with E-state index in [2.05, 4.69) is 24.1 Å². The molecule has 112 valence electrons. The smallest absolute Gasteiger partial charge is 0.328 e. The Bertz CT molecular complexity index is 449. The Hall–Kier alpha value is -1.10. The number of hydrogen-bond acceptors (Lipinski definition) is 3. The third-order valence-corrected chi connectivity index (χ3v) is 3.87. The SMILES string of the molecule is CCN(CC)CCNC(C)(C(=O)O)c1cccc(Cl)c1. The fourth-order valence-electron chi connectivity index (χ4n) is 2.10. The number of benzene rings is 1. The van der Waals surface area contributed by atoms with Gasteiger partial charge in [-0.2, -0.15) is 0 Å². The molecular formula is C15H23ClN2O2. The molecule has 1 rings (SSSR count). The van der Waals surface area contributed by atoms with Crippen LogP contribution in [0.25, 0.3) is 0 Å². The quantitative estimate of drug-likeness (QED) is 0.774. The lowest BCUT2D eigenvalue weighted by Gasteiger charge is -2.28. The Morgan fingerprint density at radius 2 is 2.05 bits per heavy atom. The maximum Gasteiger partial charge on any atom is 0.328 e. The average molecular weight is 299 g/mol. The van der Waals surface area contributed by atoms with Crippen LogP contribution in [-0.2, 0) is 10.3 Å². The van der Waals surface area contributed by atoms with Crippen molar-refractivity contribution in [2.24, 2.45) is 0 Å². The molecule has 1 unspecified atom stereocenters. The minimum atomic E-state index is -1.13. The molecule has 0 aromatic heterocycles. The van der Waals surface area contributed by atoms with E-state index in [1.54, 1.807) is 31.2 Å². The lowest BCUT2D eigenvalue weighted by atomic mass is 9.92. The lowest BCUT2D eigenvalue weighted by Crippen LogP contribution is -2.49. The highest BCUT2D eigenvalue weighted by molar-refractivity contribution is 6.30. The second-order valence-corrected chi connectivity index (χ2v) is 5.33. The van der Waals surface area contributed by atoms with E-state index < -0.39 is 11.5 Å². The summed E-state index contributed by atoms with van der Waals surface area (Å²) >= 11 is 5.96. The standard InChI is InChI=1S/C15H23ClN2O2/c1-4-18(5-2)10-9-17-15(3,14(19)20)12-7-6-8-13(16)11-12/h6-8,11,17H,4-5,9-10H2,1-3H3,(H,19,20). The highest BCUT2D eigenvalue weighted by atomic mass is 35.5. The Morgan fingerprint density at radius 1 is 1.40 bits per heavy atom. The maximum atomic E-state index is 11.6. The van der Waals surface area contributed by atoms with E-state index in [0.29, 0.717) is 17.1 Å². The molecule has 0 aliphatic rings. The summed E-state index contributed by atoms with van der Waals surface area (Å²) in [6.45, 7) is 9.20. The molecule has 0 bridgehead atoms. The summed E-state index contributed by atoms with van der Waals surface area (Å²) in [5, 5.41) is 13.2. The Balaban J connectivity index is 2.80. The molecule has 0 fully saturated rings. The molecule has 0 amide bonds. The lowest BCUT2D eigenvalue weighted by molar-refractivity contribution is -0.144. The topological polar surface area (TPSA) is 52.6 Å². The normalized spacial score (nSPS) is 14.2. The number of rotatable bonds is 8. The van der Waals surface area contributed by atoms with Crippen molar-refractivity contribution in [3.05, 3.63) is 34.9 Å². The molecular weight excluding hydrogens is 276 g/mol. The fraction of sp³-hybridized carbons (Fsp3) is 0.533. The Kier molecular flexibility index (Phi) is 6.46. The number of carboxylic acids is 1. The van der Waals surface area contributed by atoms with Gasteiger partial charge in [0.15, 0.2) is 0 Å². The number of carbonyl (C=O) groups is 1. The van der Waals surface area contributed by atoms with Gasteiger partial charge in [0.25, 0.3) is 0 Å². The first-order chi connectivity index (χ1) is 9.43. The first-order valence-corrected chi connectivity index (χ1v) is 7.28. The zero-order valence-corrected chi connectivity index (χ0v) is 13.1. The van der Waals surface area contributed by atoms with Gasteiger partial charge in [-0.05, 0) is 37.7 Å². The van der Waals surface area contributed by atoms with Gasteiger partial charge in [0.1, 0.15) is 5.54 Å². The molecule has 0 radical (unpaired) electrons. The second-order valence-electron chi connectivity index (χ2n) is 4.89. The van der Waals surface area contributed by atoms with Crippen molar-refractivity contribution in [1.82, 2.24) is 10.2 Å². The van der Waals surface area contributed by atoms with Crippen molar-refractivity contribution < 1.29 is 9.90 Å². The third-order valence-electron chi connectivity index (χ3n) is 3.63. The summed E-state index contributed by atoms with van der Waals surface area (Å²) in [4.78, 5) is 13.9. The van der Waals surface area contributed by atoms with Gasteiger partial charge in [-0.1, -0.05) is 37.6 Å². The van der Waals surface area contributed by atoms with Gasteiger partial charge in [-0.15, -0.1) is 0 Å². The molecule has 0 heterocycles. The van der Waals surface area contributed by atoms with Crippen LogP contribution in [0.4, 0.5) is 0 Å². The fourth-order valence-corrected chi connectivity index (χ4v) is 2.29. The predicted octanol–water partition coefficient (Wildman–Crippen LogP) is 2.57. The zero-order valence-electron chi connectivity index (χ0n) is 12.3. The highest BCUT2D eigenvalue weighted by Crippen LogP contribution is 2.23. The van der Waals surface area contributed by atoms with Crippen LogP contribution >= 0.6 is 11.6 Å². The van der Waals surface area contributed by atoms with Gasteiger partial charge < -0.3 is 10.0 Å². The van der Waals surface area contributed by atoms with Crippen LogP contribution in [0.3, 0.4) is 0 Å². The largest absolute Gasteiger partial charge is 0.480 e. The first-order valence-electron chi connectivity index (χ1n) is 6.90. The van der Waals surface area contributed by atoms with Crippen LogP contribution in [0.15, 0.2) is 24.3 Å². The molecule has 0 aliphatic carbocycles. The number of nitrogens with one attached hydrogen (secondary N) is 1. The van der Waals surface area contributed by atoms with Gasteiger partial charge in [0.05, 0.1) is 0 Å². The van der Waals surface area contributed by atoms with Crippen LogP contribution in [-0.4, -0.2) is 42.2 Å². The number of hydrogen-bond donors (Lipinski definition) is 2. The van der Waals surface area contributed by atoms with Crippen molar-refractivity contribution in [2.75, 3.05) is 26.2 Å². The van der Waals surface area contributed by atoms with Crippen LogP contribution in [0, 0.1) is 0 Å². The molecule has 4 nitrogen and oxygen atoms in total. The van der Waals surface area contributed by atoms with Gasteiger partial charge in [-0.25, -0.2) is 4.79 Å². The van der Waals surface area contributed by atoms with E-state index in [9.17, 15) is 9.90 Å². The molecule has 0 spiro atoms. The highest BCUT2D eigenvalue weighted by Gasteiger charge is 2.34. The molecule has 0 saturated heterocycles. The van der Waals surface area contributed by atoms with Crippen LogP contribution in [0.2, 0.25) is 5.02 Å². The van der Waals surface area contributed by atoms with Crippen LogP contribution in [0.5, 0.6) is 0 Å². The molecule has 5 heteroatoms. The number of halogens is 1. The van der Waals surface area contributed by atoms with E-state index in [1.807, 2.05) is 0 Å². The van der Waals surface area contributed by atoms with E-state index in [4.69, 9.17) is 11.6 Å². The number of likely N-dealkylation sites (N-methyl/N-ethyl adjacent to an activating group) is 1. The number of nitrogens with zero attached hydrogens (tertiary/aromatic N) is 1. The monoisotopic (exact) mass is 298 g/mol. The van der Waals surface area contributed by atoms with E-state index in [1.165, 1.54) is 0 Å². The summed E-state index contributed by atoms with van der Waals surface area (Å²) in [5.41, 5.74) is -0.463. The summed E-state index contributed by atoms with van der Waals surface area (Å²) in [5.74, 6) is -0.903. The van der Waals surface area contributed by atoms with Crippen LogP contribution < -0.4 is 5.32 Å². The van der Waals surface area contributed by atoms with E-state index in [0.717, 1.165) is 19.6 Å². The summed E-state index contributed by atoms with van der Waals surface area (Å²) in [7, 11) is 0. The van der Waals surface area contributed by atoms with E-state index >= 15 is 0 Å². The third kappa shape index (κ3) is 4.20. The van der Waals surface area contributed by atoms with E-state index in [-0.39, 0.29) is 0 Å². The molecule has 1 aromatic carbocycles. The van der Waals surface area contributed by atoms with Crippen molar-refractivity contribution in [3.63, 3.8) is 0 Å². The molecule has 20 heavy (non-hydrogen) atoms. The molecule has 0 aliphatic heterocycles. The van der Waals surface area contributed by atoms with Crippen molar-refractivity contribution in [3.8, 4) is 0 Å². The average Bonchev–Trinajstić information content (AvgIpc) is 2.43. The molecule has 1 aromatic rings. The van der Waals surface area contributed by atoms with Gasteiger partial charge in [-0.3, -0.25) is 5.32 Å². The van der Waals surface area contributed by atoms with Crippen molar-refractivity contribution >= 4 is 17.6 Å². The van der Waals surface area contributed by atoms with Gasteiger partial charge >= 0.3 is 5.97 Å². The maximum absolute atomic E-state index is 11.6.